The average molecular weight is 349 g/mol. The normalized spacial score (nSPS) is 35.5. The van der Waals surface area contributed by atoms with Gasteiger partial charge < -0.3 is 14.7 Å². The van der Waals surface area contributed by atoms with Crippen LogP contribution in [0.15, 0.2) is 48.1 Å². The third-order valence-corrected chi connectivity index (χ3v) is 6.79. The second-order valence-electron chi connectivity index (χ2n) is 9.43. The van der Waals surface area contributed by atoms with Crippen molar-refractivity contribution in [3.8, 4) is 0 Å². The third kappa shape index (κ3) is 2.46. The minimum Gasteiger partial charge on any atom is -0.402 e. The molecule has 1 aromatic carbocycles. The zero-order chi connectivity index (χ0) is 19.0. The largest absolute Gasteiger partial charge is 0.472 e. The van der Waals surface area contributed by atoms with E-state index in [1.54, 1.807) is 0 Å². The molecule has 3 aliphatic rings. The van der Waals surface area contributed by atoms with Gasteiger partial charge in [-0.3, -0.25) is 0 Å². The molecule has 2 fully saturated rings. The molecule has 26 heavy (non-hydrogen) atoms. The first-order valence-electron chi connectivity index (χ1n) is 9.44. The molecule has 1 aromatic rings. The maximum absolute atomic E-state index is 8.61. The van der Waals surface area contributed by atoms with E-state index < -0.39 is 5.31 Å². The van der Waals surface area contributed by atoms with E-state index in [0.717, 1.165) is 12.0 Å². The van der Waals surface area contributed by atoms with Gasteiger partial charge in [-0.1, -0.05) is 55.8 Å². The van der Waals surface area contributed by atoms with E-state index >= 15 is 0 Å². The summed E-state index contributed by atoms with van der Waals surface area (Å²) in [6.45, 7) is 12.8. The van der Waals surface area contributed by atoms with Crippen molar-refractivity contribution in [3.05, 3.63) is 59.2 Å². The summed E-state index contributed by atoms with van der Waals surface area (Å²) in [5, 5.41) is 8.20. The fourth-order valence-electron chi connectivity index (χ4n) is 4.03. The second-order valence-corrected chi connectivity index (χ2v) is 9.43. The summed E-state index contributed by atoms with van der Waals surface area (Å²) < 4.78 is 12.7. The standard InChI is InChI=1S/C22H28BNO2/c1-19(2)20(3,4)26-23(25-19)21(5)12-11-18(24)16-9-7-8-10-17(16)22(6)14-15(22)13-21/h7-13,24H,14H2,1-6H3/b12-11-,15-13?,24-18?. The zero-order valence-electron chi connectivity index (χ0n) is 16.6. The van der Waals surface area contributed by atoms with Gasteiger partial charge in [-0.05, 0) is 45.8 Å². The van der Waals surface area contributed by atoms with Crippen LogP contribution in [-0.2, 0) is 14.7 Å². The van der Waals surface area contributed by atoms with Crippen LogP contribution in [0.3, 0.4) is 0 Å². The van der Waals surface area contributed by atoms with Gasteiger partial charge in [0.05, 0.1) is 16.9 Å². The minimum atomic E-state index is -0.410. The van der Waals surface area contributed by atoms with E-state index in [1.165, 1.54) is 11.1 Å². The SMILES string of the molecule is CC1(B2OC(C)(C)C(C)(C)O2)C=C2CC2(C)c2ccccc2C(=N)/C=C\1. The third-order valence-electron chi connectivity index (χ3n) is 6.79. The van der Waals surface area contributed by atoms with Crippen LogP contribution in [0.1, 0.15) is 59.1 Å². The minimum absolute atomic E-state index is 0.0137. The van der Waals surface area contributed by atoms with Crippen molar-refractivity contribution in [2.75, 3.05) is 0 Å². The highest BCUT2D eigenvalue weighted by Gasteiger charge is 2.58. The molecule has 136 valence electrons. The molecule has 4 heteroatoms. The maximum atomic E-state index is 8.61. The molecule has 0 radical (unpaired) electrons. The van der Waals surface area contributed by atoms with Gasteiger partial charge in [-0.15, -0.1) is 0 Å². The summed E-state index contributed by atoms with van der Waals surface area (Å²) in [4.78, 5) is 0. The smallest absolute Gasteiger partial charge is 0.402 e. The molecule has 1 N–H and O–H groups in total. The van der Waals surface area contributed by atoms with Gasteiger partial charge in [-0.25, -0.2) is 0 Å². The Kier molecular flexibility index (Phi) is 3.55. The van der Waals surface area contributed by atoms with Gasteiger partial charge in [0.2, 0.25) is 0 Å². The first-order valence-corrected chi connectivity index (χ1v) is 9.44. The van der Waals surface area contributed by atoms with Crippen molar-refractivity contribution in [3.63, 3.8) is 0 Å². The van der Waals surface area contributed by atoms with Crippen LogP contribution in [0.4, 0.5) is 0 Å². The van der Waals surface area contributed by atoms with E-state index in [1.807, 2.05) is 12.1 Å². The Morgan fingerprint density at radius 3 is 2.23 bits per heavy atom. The Labute approximate surface area is 157 Å². The summed E-state index contributed by atoms with van der Waals surface area (Å²) in [6.07, 6.45) is 7.35. The number of nitrogens with one attached hydrogen (secondary N) is 1. The number of hydrogen-bond donors (Lipinski definition) is 1. The lowest BCUT2D eigenvalue weighted by Crippen LogP contribution is -2.41. The molecule has 1 saturated carbocycles. The van der Waals surface area contributed by atoms with Crippen molar-refractivity contribution >= 4 is 12.8 Å². The number of allylic oxidation sites excluding steroid dienone is 4. The van der Waals surface area contributed by atoms with Gasteiger partial charge in [-0.2, -0.15) is 0 Å². The molecule has 1 saturated heterocycles. The van der Waals surface area contributed by atoms with E-state index in [0.29, 0.717) is 5.71 Å². The van der Waals surface area contributed by atoms with Gasteiger partial charge in [0.15, 0.2) is 0 Å². The first-order chi connectivity index (χ1) is 12.0. The molecule has 0 aromatic heterocycles. The molecule has 2 unspecified atom stereocenters. The molecule has 3 nitrogen and oxygen atoms in total. The topological polar surface area (TPSA) is 42.3 Å². The van der Waals surface area contributed by atoms with Gasteiger partial charge in [0.25, 0.3) is 0 Å². The Bertz CT molecular complexity index is 837. The summed E-state index contributed by atoms with van der Waals surface area (Å²) in [5.41, 5.74) is 3.50. The Balaban J connectivity index is 1.80. The molecule has 2 aliphatic carbocycles. The van der Waals surface area contributed by atoms with Crippen LogP contribution in [0.25, 0.3) is 0 Å². The molecule has 1 aliphatic heterocycles. The maximum Gasteiger partial charge on any atom is 0.472 e. The van der Waals surface area contributed by atoms with Crippen LogP contribution >= 0.6 is 0 Å². The van der Waals surface area contributed by atoms with E-state index in [4.69, 9.17) is 14.7 Å². The van der Waals surface area contributed by atoms with Crippen LogP contribution < -0.4 is 0 Å². The molecule has 0 spiro atoms. The van der Waals surface area contributed by atoms with Crippen LogP contribution in [0, 0.1) is 5.41 Å². The lowest BCUT2D eigenvalue weighted by Gasteiger charge is -2.32. The Morgan fingerprint density at radius 1 is 0.962 bits per heavy atom. The predicted molar refractivity (Wildman–Crippen MR) is 107 cm³/mol. The van der Waals surface area contributed by atoms with Crippen molar-refractivity contribution in [1.82, 2.24) is 0 Å². The quantitative estimate of drug-likeness (QED) is 0.568. The molecule has 1 heterocycles. The van der Waals surface area contributed by atoms with Gasteiger partial charge in [0.1, 0.15) is 0 Å². The number of fused-ring (bicyclic) bond motifs is 3. The number of benzene rings is 1. The first kappa shape index (κ1) is 17.8. The average Bonchev–Trinajstić information content (AvgIpc) is 3.13. The van der Waals surface area contributed by atoms with Crippen molar-refractivity contribution < 1.29 is 9.31 Å². The molecular formula is C22H28BNO2. The molecule has 4 rings (SSSR count). The van der Waals surface area contributed by atoms with E-state index in [9.17, 15) is 0 Å². The Morgan fingerprint density at radius 2 is 1.58 bits per heavy atom. The van der Waals surface area contributed by atoms with E-state index in [2.05, 4.69) is 71.9 Å². The highest BCUT2D eigenvalue weighted by molar-refractivity contribution is 6.51. The number of rotatable bonds is 1. The number of hydrogen-bond acceptors (Lipinski definition) is 3. The fraction of sp³-hybridized carbons (Fsp3) is 0.500. The Hall–Kier alpha value is -1.65. The monoisotopic (exact) mass is 349 g/mol. The summed E-state index contributed by atoms with van der Waals surface area (Å²) >= 11 is 0. The molecule has 0 bridgehead atoms. The van der Waals surface area contributed by atoms with Gasteiger partial charge in [0, 0.05) is 16.3 Å². The summed E-state index contributed by atoms with van der Waals surface area (Å²) in [6, 6.07) is 8.31. The van der Waals surface area contributed by atoms with Crippen molar-refractivity contribution in [2.24, 2.45) is 0 Å². The second kappa shape index (κ2) is 5.20. The van der Waals surface area contributed by atoms with Crippen molar-refractivity contribution in [1.29, 1.82) is 5.41 Å². The fourth-order valence-corrected chi connectivity index (χ4v) is 4.03. The molecular weight excluding hydrogens is 321 g/mol. The lowest BCUT2D eigenvalue weighted by atomic mass is 9.58. The van der Waals surface area contributed by atoms with Gasteiger partial charge >= 0.3 is 7.12 Å². The predicted octanol–water partition coefficient (Wildman–Crippen LogP) is 5.06. The van der Waals surface area contributed by atoms with Crippen molar-refractivity contribution in [2.45, 2.75) is 69.9 Å². The highest BCUT2D eigenvalue weighted by atomic mass is 16.7. The summed E-state index contributed by atoms with van der Waals surface area (Å²) in [7, 11) is -0.366. The highest BCUT2D eigenvalue weighted by Crippen LogP contribution is 2.58. The summed E-state index contributed by atoms with van der Waals surface area (Å²) in [5.74, 6) is 0. The molecule has 0 amide bonds. The van der Waals surface area contributed by atoms with Crippen LogP contribution in [0.2, 0.25) is 5.31 Å². The molecule has 2 atom stereocenters. The van der Waals surface area contributed by atoms with Crippen LogP contribution in [-0.4, -0.2) is 24.0 Å². The zero-order valence-corrected chi connectivity index (χ0v) is 16.6. The van der Waals surface area contributed by atoms with Crippen LogP contribution in [0.5, 0.6) is 0 Å². The van der Waals surface area contributed by atoms with E-state index in [-0.39, 0.29) is 23.7 Å². The lowest BCUT2D eigenvalue weighted by molar-refractivity contribution is 0.00578.